The van der Waals surface area contributed by atoms with Crippen LogP contribution in [0.15, 0.2) is 36.4 Å². The zero-order chi connectivity index (χ0) is 14.0. The van der Waals surface area contributed by atoms with Gasteiger partial charge in [0.15, 0.2) is 0 Å². The molecule has 0 aliphatic rings. The van der Waals surface area contributed by atoms with Gasteiger partial charge in [-0.3, -0.25) is 0 Å². The highest BCUT2D eigenvalue weighted by Crippen LogP contribution is 2.26. The molecule has 100 valence electrons. The van der Waals surface area contributed by atoms with Gasteiger partial charge in [-0.2, -0.15) is 0 Å². The fraction of sp³-hybridized carbons (Fsp3) is 0.312. The van der Waals surface area contributed by atoms with Crippen molar-refractivity contribution >= 4 is 16.7 Å². The first-order valence-corrected chi connectivity index (χ1v) is 6.38. The number of benzene rings is 2. The standard InChI is InChI=1S/C16H18O3/c1-4-16(2,3)19-15(18)12-8-9-13-11(10-12)6-5-7-14(13)17/h5-10,17H,4H2,1-3H3. The van der Waals surface area contributed by atoms with Gasteiger partial charge < -0.3 is 9.84 Å². The molecule has 0 bridgehead atoms. The molecule has 0 saturated carbocycles. The van der Waals surface area contributed by atoms with Gasteiger partial charge in [-0.25, -0.2) is 4.79 Å². The number of fused-ring (bicyclic) bond motifs is 1. The number of phenolic OH excluding ortho intramolecular Hbond substituents is 1. The minimum absolute atomic E-state index is 0.214. The van der Waals surface area contributed by atoms with E-state index < -0.39 is 5.60 Å². The van der Waals surface area contributed by atoms with Crippen molar-refractivity contribution in [2.75, 3.05) is 0 Å². The van der Waals surface area contributed by atoms with Crippen molar-refractivity contribution < 1.29 is 14.6 Å². The van der Waals surface area contributed by atoms with Crippen LogP contribution in [0.4, 0.5) is 0 Å². The van der Waals surface area contributed by atoms with Gasteiger partial charge in [-0.1, -0.05) is 19.1 Å². The second kappa shape index (κ2) is 4.92. The highest BCUT2D eigenvalue weighted by Gasteiger charge is 2.21. The zero-order valence-corrected chi connectivity index (χ0v) is 11.4. The summed E-state index contributed by atoms with van der Waals surface area (Å²) in [6, 6.07) is 10.4. The average Bonchev–Trinajstić information content (AvgIpc) is 2.38. The molecule has 0 unspecified atom stereocenters. The molecule has 2 aromatic carbocycles. The predicted molar refractivity (Wildman–Crippen MR) is 75.4 cm³/mol. The van der Waals surface area contributed by atoms with Crippen LogP contribution in [0, 0.1) is 0 Å². The molecule has 2 rings (SSSR count). The van der Waals surface area contributed by atoms with Crippen molar-refractivity contribution in [3.63, 3.8) is 0 Å². The van der Waals surface area contributed by atoms with Gasteiger partial charge in [0.2, 0.25) is 0 Å². The lowest BCUT2D eigenvalue weighted by atomic mass is 10.0. The van der Waals surface area contributed by atoms with Crippen molar-refractivity contribution in [2.45, 2.75) is 32.8 Å². The third-order valence-electron chi connectivity index (χ3n) is 3.31. The summed E-state index contributed by atoms with van der Waals surface area (Å²) in [5.41, 5.74) is 0.0323. The zero-order valence-electron chi connectivity index (χ0n) is 11.4. The maximum Gasteiger partial charge on any atom is 0.338 e. The number of carbonyl (C=O) groups excluding carboxylic acids is 1. The van der Waals surface area contributed by atoms with Crippen LogP contribution in [0.5, 0.6) is 5.75 Å². The summed E-state index contributed by atoms with van der Waals surface area (Å²) in [5.74, 6) is -0.122. The van der Waals surface area contributed by atoms with Crippen molar-refractivity contribution in [3.8, 4) is 5.75 Å². The van der Waals surface area contributed by atoms with Crippen LogP contribution in [-0.4, -0.2) is 16.7 Å². The Morgan fingerprint density at radius 3 is 2.68 bits per heavy atom. The maximum atomic E-state index is 12.1. The van der Waals surface area contributed by atoms with Gasteiger partial charge in [0.05, 0.1) is 5.56 Å². The molecule has 1 N–H and O–H groups in total. The number of hydrogen-bond acceptors (Lipinski definition) is 3. The van der Waals surface area contributed by atoms with Crippen LogP contribution in [0.3, 0.4) is 0 Å². The van der Waals surface area contributed by atoms with Gasteiger partial charge in [-0.15, -0.1) is 0 Å². The summed E-state index contributed by atoms with van der Waals surface area (Å²) in [4.78, 5) is 12.1. The summed E-state index contributed by atoms with van der Waals surface area (Å²) in [6.45, 7) is 5.75. The monoisotopic (exact) mass is 258 g/mol. The number of carbonyl (C=O) groups is 1. The van der Waals surface area contributed by atoms with E-state index in [4.69, 9.17) is 4.74 Å². The topological polar surface area (TPSA) is 46.5 Å². The minimum Gasteiger partial charge on any atom is -0.507 e. The molecule has 0 atom stereocenters. The Morgan fingerprint density at radius 1 is 1.26 bits per heavy atom. The molecule has 0 fully saturated rings. The fourth-order valence-corrected chi connectivity index (χ4v) is 1.78. The van der Waals surface area contributed by atoms with E-state index in [1.165, 1.54) is 0 Å². The molecule has 0 aliphatic heterocycles. The predicted octanol–water partition coefficient (Wildman–Crippen LogP) is 3.89. The Balaban J connectivity index is 2.34. The van der Waals surface area contributed by atoms with Crippen molar-refractivity contribution in [2.24, 2.45) is 0 Å². The van der Waals surface area contributed by atoms with Gasteiger partial charge in [0.1, 0.15) is 11.4 Å². The fourth-order valence-electron chi connectivity index (χ4n) is 1.78. The van der Waals surface area contributed by atoms with E-state index in [1.54, 1.807) is 30.3 Å². The Bertz CT molecular complexity index is 614. The van der Waals surface area contributed by atoms with Crippen LogP contribution >= 0.6 is 0 Å². The van der Waals surface area contributed by atoms with Gasteiger partial charge in [0.25, 0.3) is 0 Å². The van der Waals surface area contributed by atoms with E-state index in [0.717, 1.165) is 17.2 Å². The van der Waals surface area contributed by atoms with Crippen LogP contribution in [0.1, 0.15) is 37.6 Å². The first-order valence-electron chi connectivity index (χ1n) is 6.38. The van der Waals surface area contributed by atoms with E-state index in [9.17, 15) is 9.90 Å². The molecular weight excluding hydrogens is 240 g/mol. The molecular formula is C16H18O3. The molecule has 0 aliphatic carbocycles. The van der Waals surface area contributed by atoms with E-state index in [-0.39, 0.29) is 11.7 Å². The Morgan fingerprint density at radius 2 is 2.00 bits per heavy atom. The third-order valence-corrected chi connectivity index (χ3v) is 3.31. The minimum atomic E-state index is -0.467. The Hall–Kier alpha value is -2.03. The molecule has 0 heterocycles. The lowest BCUT2D eigenvalue weighted by molar-refractivity contribution is -0.00241. The second-order valence-electron chi connectivity index (χ2n) is 5.22. The maximum absolute atomic E-state index is 12.1. The van der Waals surface area contributed by atoms with E-state index in [0.29, 0.717) is 5.56 Å². The first kappa shape index (κ1) is 13.4. The van der Waals surface area contributed by atoms with E-state index in [1.807, 2.05) is 26.8 Å². The molecule has 3 nitrogen and oxygen atoms in total. The van der Waals surface area contributed by atoms with Crippen LogP contribution < -0.4 is 0 Å². The summed E-state index contributed by atoms with van der Waals surface area (Å²) >= 11 is 0. The molecule has 19 heavy (non-hydrogen) atoms. The summed E-state index contributed by atoms with van der Waals surface area (Å²) in [7, 11) is 0. The molecule has 0 spiro atoms. The highest BCUT2D eigenvalue weighted by atomic mass is 16.6. The molecule has 3 heteroatoms. The smallest absolute Gasteiger partial charge is 0.338 e. The lowest BCUT2D eigenvalue weighted by Gasteiger charge is -2.23. The van der Waals surface area contributed by atoms with Crippen molar-refractivity contribution in [3.05, 3.63) is 42.0 Å². The van der Waals surface area contributed by atoms with E-state index >= 15 is 0 Å². The number of ether oxygens (including phenoxy) is 1. The summed E-state index contributed by atoms with van der Waals surface area (Å²) < 4.78 is 5.45. The molecule has 0 aromatic heterocycles. The third kappa shape index (κ3) is 2.87. The van der Waals surface area contributed by atoms with Gasteiger partial charge in [0, 0.05) is 5.39 Å². The summed E-state index contributed by atoms with van der Waals surface area (Å²) in [5, 5.41) is 11.3. The van der Waals surface area contributed by atoms with Crippen molar-refractivity contribution in [1.82, 2.24) is 0 Å². The molecule has 0 amide bonds. The van der Waals surface area contributed by atoms with Gasteiger partial charge >= 0.3 is 5.97 Å². The van der Waals surface area contributed by atoms with Crippen LogP contribution in [-0.2, 0) is 4.74 Å². The normalized spacial score (nSPS) is 11.5. The molecule has 0 saturated heterocycles. The lowest BCUT2D eigenvalue weighted by Crippen LogP contribution is -2.27. The van der Waals surface area contributed by atoms with E-state index in [2.05, 4.69) is 0 Å². The molecule has 2 aromatic rings. The first-order chi connectivity index (χ1) is 8.93. The SMILES string of the molecule is CCC(C)(C)OC(=O)c1ccc2c(O)cccc2c1. The number of hydrogen-bond donors (Lipinski definition) is 1. The van der Waals surface area contributed by atoms with Gasteiger partial charge in [-0.05, 0) is 49.9 Å². The Labute approximate surface area is 112 Å². The average molecular weight is 258 g/mol. The number of phenols is 1. The molecule has 0 radical (unpaired) electrons. The highest BCUT2D eigenvalue weighted by molar-refractivity contribution is 5.97. The number of esters is 1. The largest absolute Gasteiger partial charge is 0.507 e. The van der Waals surface area contributed by atoms with Crippen LogP contribution in [0.25, 0.3) is 10.8 Å². The number of aromatic hydroxyl groups is 1. The second-order valence-corrected chi connectivity index (χ2v) is 5.22. The van der Waals surface area contributed by atoms with Crippen molar-refractivity contribution in [1.29, 1.82) is 0 Å². The Kier molecular flexibility index (Phi) is 3.47. The quantitative estimate of drug-likeness (QED) is 0.849. The van der Waals surface area contributed by atoms with Crippen LogP contribution in [0.2, 0.25) is 0 Å². The summed E-state index contributed by atoms with van der Waals surface area (Å²) in [6.07, 6.45) is 0.757. The number of rotatable bonds is 3.